The van der Waals surface area contributed by atoms with Crippen LogP contribution in [0.15, 0.2) is 61.1 Å². The van der Waals surface area contributed by atoms with E-state index in [9.17, 15) is 9.18 Å². The number of likely N-dealkylation sites (tertiary alicyclic amines) is 1. The van der Waals surface area contributed by atoms with Crippen LogP contribution in [0.2, 0.25) is 0 Å². The molecule has 1 atom stereocenters. The second-order valence-electron chi connectivity index (χ2n) is 7.00. The van der Waals surface area contributed by atoms with Gasteiger partial charge in [0.1, 0.15) is 11.5 Å². The minimum atomic E-state index is -0.215. The Bertz CT molecular complexity index is 964. The third kappa shape index (κ3) is 4.06. The lowest BCUT2D eigenvalue weighted by atomic mass is 9.93. The maximum atomic E-state index is 13.9. The first-order valence-corrected chi connectivity index (χ1v) is 9.45. The summed E-state index contributed by atoms with van der Waals surface area (Å²) in [4.78, 5) is 27.4. The number of benzene rings is 1. The van der Waals surface area contributed by atoms with E-state index in [0.29, 0.717) is 30.8 Å². The molecule has 0 bridgehead atoms. The molecule has 1 aromatic carbocycles. The van der Waals surface area contributed by atoms with Crippen LogP contribution < -0.4 is 0 Å². The van der Waals surface area contributed by atoms with E-state index >= 15 is 0 Å². The molecule has 6 heteroatoms. The number of aromatic nitrogens is 3. The van der Waals surface area contributed by atoms with Gasteiger partial charge in [-0.05, 0) is 36.6 Å². The van der Waals surface area contributed by atoms with Crippen LogP contribution in [0.3, 0.4) is 0 Å². The lowest BCUT2D eigenvalue weighted by molar-refractivity contribution is 0.0699. The number of halogens is 1. The summed E-state index contributed by atoms with van der Waals surface area (Å²) >= 11 is 0. The van der Waals surface area contributed by atoms with Crippen LogP contribution in [0, 0.1) is 5.82 Å². The molecule has 5 nitrogen and oxygen atoms in total. The standard InChI is InChI=1S/C22H21FN4O/c23-19-8-2-1-5-16(19)13-18-7-3-9-20(26-18)17-6-4-12-27(15-17)22(28)21-14-24-10-11-25-21/h1-3,5,7-11,14,17H,4,6,12-13,15H2. The maximum Gasteiger partial charge on any atom is 0.274 e. The number of nitrogens with zero attached hydrogens (tertiary/aromatic N) is 4. The summed E-state index contributed by atoms with van der Waals surface area (Å²) in [6.07, 6.45) is 6.92. The maximum absolute atomic E-state index is 13.9. The summed E-state index contributed by atoms with van der Waals surface area (Å²) < 4.78 is 13.9. The van der Waals surface area contributed by atoms with Crippen molar-refractivity contribution in [3.63, 3.8) is 0 Å². The lowest BCUT2D eigenvalue weighted by Crippen LogP contribution is -2.39. The van der Waals surface area contributed by atoms with Gasteiger partial charge in [-0.25, -0.2) is 9.37 Å². The molecule has 1 aliphatic heterocycles. The summed E-state index contributed by atoms with van der Waals surface area (Å²) in [7, 11) is 0. The zero-order valence-corrected chi connectivity index (χ0v) is 15.5. The molecule has 0 spiro atoms. The fourth-order valence-electron chi connectivity index (χ4n) is 3.64. The van der Waals surface area contributed by atoms with E-state index in [1.807, 2.05) is 29.2 Å². The summed E-state index contributed by atoms with van der Waals surface area (Å²) in [6.45, 7) is 1.31. The molecular weight excluding hydrogens is 355 g/mol. The highest BCUT2D eigenvalue weighted by Gasteiger charge is 2.27. The minimum absolute atomic E-state index is 0.0969. The lowest BCUT2D eigenvalue weighted by Gasteiger charge is -2.32. The third-order valence-corrected chi connectivity index (χ3v) is 5.07. The number of carbonyl (C=O) groups excluding carboxylic acids is 1. The smallest absolute Gasteiger partial charge is 0.274 e. The number of rotatable bonds is 4. The van der Waals surface area contributed by atoms with E-state index in [1.165, 1.54) is 18.5 Å². The monoisotopic (exact) mass is 376 g/mol. The van der Waals surface area contributed by atoms with Crippen molar-refractivity contribution < 1.29 is 9.18 Å². The van der Waals surface area contributed by atoms with E-state index < -0.39 is 0 Å². The van der Waals surface area contributed by atoms with Gasteiger partial charge in [0.15, 0.2) is 0 Å². The number of pyridine rings is 1. The molecule has 1 amide bonds. The Morgan fingerprint density at radius 2 is 2.04 bits per heavy atom. The van der Waals surface area contributed by atoms with Gasteiger partial charge in [0.05, 0.1) is 6.20 Å². The van der Waals surface area contributed by atoms with E-state index in [0.717, 1.165) is 24.2 Å². The number of hydrogen-bond donors (Lipinski definition) is 0. The van der Waals surface area contributed by atoms with Gasteiger partial charge in [0.2, 0.25) is 0 Å². The van der Waals surface area contributed by atoms with Crippen LogP contribution in [0.1, 0.15) is 46.2 Å². The normalized spacial score (nSPS) is 16.8. The van der Waals surface area contributed by atoms with Gasteiger partial charge in [-0.1, -0.05) is 24.3 Å². The number of carbonyl (C=O) groups is 1. The van der Waals surface area contributed by atoms with E-state index in [2.05, 4.69) is 9.97 Å². The molecule has 1 unspecified atom stereocenters. The fraction of sp³-hybridized carbons (Fsp3) is 0.273. The Labute approximate surface area is 163 Å². The molecule has 3 aromatic rings. The molecule has 4 rings (SSSR count). The van der Waals surface area contributed by atoms with Gasteiger partial charge < -0.3 is 4.90 Å². The van der Waals surface area contributed by atoms with Crippen molar-refractivity contribution in [3.8, 4) is 0 Å². The largest absolute Gasteiger partial charge is 0.337 e. The highest BCUT2D eigenvalue weighted by atomic mass is 19.1. The van der Waals surface area contributed by atoms with Crippen molar-refractivity contribution in [2.75, 3.05) is 13.1 Å². The first-order valence-electron chi connectivity index (χ1n) is 9.45. The molecule has 2 aromatic heterocycles. The van der Waals surface area contributed by atoms with Crippen LogP contribution in [-0.4, -0.2) is 38.8 Å². The van der Waals surface area contributed by atoms with Crippen LogP contribution >= 0.6 is 0 Å². The second-order valence-corrected chi connectivity index (χ2v) is 7.00. The molecule has 0 radical (unpaired) electrons. The predicted molar refractivity (Wildman–Crippen MR) is 103 cm³/mol. The molecular formula is C22H21FN4O. The first-order chi connectivity index (χ1) is 13.7. The average molecular weight is 376 g/mol. The summed E-state index contributed by atoms with van der Waals surface area (Å²) in [5.74, 6) is -0.150. The van der Waals surface area contributed by atoms with E-state index in [1.54, 1.807) is 18.3 Å². The van der Waals surface area contributed by atoms with Crippen LogP contribution in [0.5, 0.6) is 0 Å². The number of hydrogen-bond acceptors (Lipinski definition) is 4. The molecule has 28 heavy (non-hydrogen) atoms. The van der Waals surface area contributed by atoms with Gasteiger partial charge in [-0.3, -0.25) is 14.8 Å². The molecule has 0 aliphatic carbocycles. The fourth-order valence-corrected chi connectivity index (χ4v) is 3.64. The predicted octanol–water partition coefficient (Wildman–Crippen LogP) is 3.62. The van der Waals surface area contributed by atoms with Gasteiger partial charge in [-0.15, -0.1) is 0 Å². The SMILES string of the molecule is O=C(c1cnccn1)N1CCCC(c2cccc(Cc3ccccc3F)n2)C1. The first kappa shape index (κ1) is 18.2. The molecule has 0 saturated carbocycles. The molecule has 3 heterocycles. The Kier molecular flexibility index (Phi) is 5.37. The van der Waals surface area contributed by atoms with E-state index in [-0.39, 0.29) is 17.6 Å². The Balaban J connectivity index is 1.49. The van der Waals surface area contributed by atoms with E-state index in [4.69, 9.17) is 4.98 Å². The summed E-state index contributed by atoms with van der Waals surface area (Å²) in [5, 5.41) is 0. The second kappa shape index (κ2) is 8.25. The Morgan fingerprint density at radius 1 is 1.14 bits per heavy atom. The number of piperidine rings is 1. The van der Waals surface area contributed by atoms with Crippen molar-refractivity contribution in [3.05, 3.63) is 89.5 Å². The number of amides is 1. The zero-order chi connectivity index (χ0) is 19.3. The molecule has 1 fully saturated rings. The van der Waals surface area contributed by atoms with Gasteiger partial charge >= 0.3 is 0 Å². The molecule has 1 saturated heterocycles. The summed E-state index contributed by atoms with van der Waals surface area (Å²) in [6, 6.07) is 12.6. The molecule has 1 aliphatic rings. The van der Waals surface area contributed by atoms with Crippen molar-refractivity contribution in [2.45, 2.75) is 25.2 Å². The van der Waals surface area contributed by atoms with Crippen molar-refractivity contribution in [2.24, 2.45) is 0 Å². The zero-order valence-electron chi connectivity index (χ0n) is 15.5. The van der Waals surface area contributed by atoms with Crippen molar-refractivity contribution in [1.82, 2.24) is 19.9 Å². The van der Waals surface area contributed by atoms with Crippen LogP contribution in [0.25, 0.3) is 0 Å². The van der Waals surface area contributed by atoms with Gasteiger partial charge in [-0.2, -0.15) is 0 Å². The Morgan fingerprint density at radius 3 is 2.86 bits per heavy atom. The quantitative estimate of drug-likeness (QED) is 0.698. The van der Waals surface area contributed by atoms with Crippen LogP contribution in [-0.2, 0) is 6.42 Å². The molecule has 0 N–H and O–H groups in total. The Hall–Kier alpha value is -3.15. The van der Waals surface area contributed by atoms with Gasteiger partial charge in [0, 0.05) is 49.2 Å². The topological polar surface area (TPSA) is 59.0 Å². The summed E-state index contributed by atoms with van der Waals surface area (Å²) in [5.41, 5.74) is 2.78. The highest BCUT2D eigenvalue weighted by molar-refractivity contribution is 5.92. The average Bonchev–Trinajstić information content (AvgIpc) is 2.76. The minimum Gasteiger partial charge on any atom is -0.337 e. The molecule has 142 valence electrons. The van der Waals surface area contributed by atoms with Crippen molar-refractivity contribution in [1.29, 1.82) is 0 Å². The van der Waals surface area contributed by atoms with Crippen LogP contribution in [0.4, 0.5) is 4.39 Å². The highest BCUT2D eigenvalue weighted by Crippen LogP contribution is 2.27. The third-order valence-electron chi connectivity index (χ3n) is 5.07. The van der Waals surface area contributed by atoms with Crippen molar-refractivity contribution >= 4 is 5.91 Å². The van der Waals surface area contributed by atoms with Gasteiger partial charge in [0.25, 0.3) is 5.91 Å².